The van der Waals surface area contributed by atoms with Crippen LogP contribution in [-0.2, 0) is 68.8 Å². The molecule has 68 heavy (non-hydrogen) atoms. The van der Waals surface area contributed by atoms with Crippen LogP contribution in [0.15, 0.2) is 72.8 Å². The van der Waals surface area contributed by atoms with Gasteiger partial charge in [-0.3, -0.25) is 31.5 Å². The first-order valence-electron chi connectivity index (χ1n) is 21.7. The number of carbonyl (C=O) groups excluding carboxylic acids is 2. The second-order valence-electron chi connectivity index (χ2n) is 15.9. The van der Waals surface area contributed by atoms with Crippen molar-refractivity contribution in [2.45, 2.75) is 61.5 Å². The smallest absolute Gasteiger partial charge is 0.218 e. The van der Waals surface area contributed by atoms with Crippen LogP contribution in [0.1, 0.15) is 75.0 Å². The zero-order chi connectivity index (χ0) is 49.2. The van der Waals surface area contributed by atoms with E-state index in [1.165, 1.54) is 61.7 Å². The van der Waals surface area contributed by atoms with Crippen molar-refractivity contribution in [1.82, 2.24) is 20.4 Å². The van der Waals surface area contributed by atoms with Gasteiger partial charge in [0.2, 0.25) is 18.9 Å². The van der Waals surface area contributed by atoms with Gasteiger partial charge in [0, 0.05) is 117 Å². The van der Waals surface area contributed by atoms with E-state index >= 15 is 0 Å². The molecule has 0 saturated carbocycles. The summed E-state index contributed by atoms with van der Waals surface area (Å²) in [6.07, 6.45) is 0.369. The number of H-pyrrole nitrogens is 2. The van der Waals surface area contributed by atoms with Crippen molar-refractivity contribution in [3.63, 3.8) is 0 Å². The highest BCUT2D eigenvalue weighted by atomic mass is 32.2. The first-order valence-corrected chi connectivity index (χ1v) is 25.2. The van der Waals surface area contributed by atoms with Gasteiger partial charge in [-0.25, -0.2) is 13.2 Å². The minimum absolute atomic E-state index is 0.0767. The number of hydrogen-bond acceptors (Lipinski definition) is 15. The molecule has 1 saturated heterocycles. The molecular formula is C48H61F3N6O8S3. The van der Waals surface area contributed by atoms with Gasteiger partial charge in [0.1, 0.15) is 34.6 Å². The second kappa shape index (κ2) is 28.0. The number of aromatic nitrogens is 4. The molecule has 0 spiro atoms. The Kier molecular flexibility index (Phi) is 22.6. The van der Waals surface area contributed by atoms with Crippen LogP contribution in [0.2, 0.25) is 0 Å². The number of thioether (sulfide) groups is 3. The molecule has 6 N–H and O–H groups in total. The quantitative estimate of drug-likeness (QED) is 0.0324. The molecule has 3 aromatic carbocycles. The Morgan fingerprint density at radius 3 is 1.28 bits per heavy atom. The van der Waals surface area contributed by atoms with E-state index in [9.17, 15) is 22.8 Å². The first-order chi connectivity index (χ1) is 33.0. The van der Waals surface area contributed by atoms with Crippen LogP contribution >= 0.6 is 35.3 Å². The number of ketones is 2. The molecule has 20 heteroatoms. The lowest BCUT2D eigenvalue weighted by atomic mass is 9.87. The lowest BCUT2D eigenvalue weighted by Gasteiger charge is -2.28. The Balaban J connectivity index is 0.000000187. The molecule has 0 aliphatic carbocycles. The third-order valence-corrected chi connectivity index (χ3v) is 15.1. The average Bonchev–Trinajstić information content (AvgIpc) is 4.00. The number of ether oxygens (including phenoxy) is 6. The summed E-state index contributed by atoms with van der Waals surface area (Å²) in [6, 6.07) is 19.5. The number of nitrogens with two attached hydrogens (primary N) is 2. The Labute approximate surface area is 408 Å². The number of fused-ring (bicyclic) bond motifs is 2. The topological polar surface area (TPSA) is 199 Å². The molecule has 5 heterocycles. The number of carbonyl (C=O) groups is 2. The van der Waals surface area contributed by atoms with Gasteiger partial charge in [0.15, 0.2) is 5.78 Å². The number of hydrazine groups is 1. The molecule has 4 unspecified atom stereocenters. The fourth-order valence-corrected chi connectivity index (χ4v) is 11.9. The van der Waals surface area contributed by atoms with E-state index in [4.69, 9.17) is 28.4 Å². The maximum Gasteiger partial charge on any atom is 0.218 e. The molecule has 4 atom stereocenters. The lowest BCUT2D eigenvalue weighted by molar-refractivity contribution is -0.162. The Morgan fingerprint density at radius 2 is 0.926 bits per heavy atom. The molecule has 3 aliphatic heterocycles. The van der Waals surface area contributed by atoms with Gasteiger partial charge >= 0.3 is 0 Å². The molecule has 2 aromatic heterocycles. The van der Waals surface area contributed by atoms with Crippen molar-refractivity contribution in [2.24, 2.45) is 23.5 Å². The summed E-state index contributed by atoms with van der Waals surface area (Å²) >= 11 is 5.34. The van der Waals surface area contributed by atoms with Crippen molar-refractivity contribution in [3.05, 3.63) is 141 Å². The number of nitrogens with zero attached hydrogens (tertiary/aromatic N) is 2. The predicted octanol–water partition coefficient (Wildman–Crippen LogP) is 7.75. The maximum atomic E-state index is 13.0. The molecule has 5 aromatic rings. The SMILES string of the molecule is COC(OC)C(=O)C1CSCC(Cc2ccc(F)cc2)C1=O.COC(OC)c1n[nH]c2c1CSCC2Cc1ccc(F)cc1.COC(OC)c1n[nH]c2c1CSCC2Cc1ccc(F)cc1.NN. The summed E-state index contributed by atoms with van der Waals surface area (Å²) in [5.41, 5.74) is 9.47. The maximum absolute atomic E-state index is 13.0. The fourth-order valence-electron chi connectivity index (χ4n) is 8.26. The lowest BCUT2D eigenvalue weighted by Crippen LogP contribution is -2.43. The molecule has 8 rings (SSSR count). The highest BCUT2D eigenvalue weighted by molar-refractivity contribution is 7.99. The van der Waals surface area contributed by atoms with E-state index in [2.05, 4.69) is 32.1 Å². The molecule has 1 fully saturated rings. The number of Topliss-reactive ketones (excluding diaryl/α,β-unsaturated/α-hetero) is 2. The summed E-state index contributed by atoms with van der Waals surface area (Å²) in [4.78, 5) is 24.8. The normalized spacial score (nSPS) is 18.7. The van der Waals surface area contributed by atoms with E-state index in [0.717, 1.165) is 75.3 Å². The van der Waals surface area contributed by atoms with Gasteiger partial charge in [-0.15, -0.1) is 0 Å². The van der Waals surface area contributed by atoms with Crippen molar-refractivity contribution in [3.8, 4) is 0 Å². The Hall–Kier alpha value is -4.06. The molecule has 14 nitrogen and oxygen atoms in total. The van der Waals surface area contributed by atoms with Gasteiger partial charge in [-0.2, -0.15) is 45.5 Å². The van der Waals surface area contributed by atoms with Gasteiger partial charge in [-0.05, 0) is 72.4 Å². The second-order valence-corrected chi connectivity index (χ2v) is 19.1. The first kappa shape index (κ1) is 54.9. The minimum atomic E-state index is -1.00. The third kappa shape index (κ3) is 14.5. The third-order valence-electron chi connectivity index (χ3n) is 11.7. The number of aromatic amines is 2. The number of hydrogen-bond donors (Lipinski definition) is 4. The van der Waals surface area contributed by atoms with E-state index in [-0.39, 0.29) is 34.9 Å². The Bertz CT molecular complexity index is 2190. The van der Waals surface area contributed by atoms with Crippen molar-refractivity contribution >= 4 is 46.9 Å². The molecule has 0 radical (unpaired) electrons. The summed E-state index contributed by atoms with van der Waals surface area (Å²) in [5, 5.41) is 15.1. The summed E-state index contributed by atoms with van der Waals surface area (Å²) in [5.74, 6) is 11.6. The van der Waals surface area contributed by atoms with E-state index in [0.29, 0.717) is 29.8 Å². The molecule has 0 bridgehead atoms. The minimum Gasteiger partial charge on any atom is -0.350 e. The zero-order valence-corrected chi connectivity index (χ0v) is 41.5. The molecule has 370 valence electrons. The number of nitrogens with one attached hydrogen (secondary N) is 2. The van der Waals surface area contributed by atoms with E-state index in [1.54, 1.807) is 52.3 Å². The number of rotatable bonds is 16. The van der Waals surface area contributed by atoms with Gasteiger partial charge in [0.25, 0.3) is 0 Å². The highest BCUT2D eigenvalue weighted by Crippen LogP contribution is 2.39. The molecular weight excluding hydrogens is 942 g/mol. The standard InChI is InChI=1S/2C16H19FN2O2S.C16H19FO4S.H4N2/c2*1-20-16(21-2)15-13-9-22-8-11(14(13)18-19-15)7-10-3-5-12(17)6-4-10;1-20-16(21-2)15(19)13-9-22-8-11(14(13)18)7-10-3-5-12(17)6-4-10;1-2/h2*3-6,11,16H,7-9H2,1-2H3,(H,18,19);3-6,11,13,16H,7-9H2,1-2H3;1-2H2. The number of methoxy groups -OCH3 is 6. The van der Waals surface area contributed by atoms with Gasteiger partial charge < -0.3 is 28.4 Å². The number of benzene rings is 3. The van der Waals surface area contributed by atoms with E-state index in [1.807, 2.05) is 47.8 Å². The van der Waals surface area contributed by atoms with Crippen LogP contribution in [0.25, 0.3) is 0 Å². The van der Waals surface area contributed by atoms with E-state index < -0.39 is 24.8 Å². The van der Waals surface area contributed by atoms with Crippen LogP contribution in [0.5, 0.6) is 0 Å². The van der Waals surface area contributed by atoms with Gasteiger partial charge in [-0.1, -0.05) is 36.4 Å². The van der Waals surface area contributed by atoms with Crippen LogP contribution in [0, 0.1) is 29.3 Å². The summed E-state index contributed by atoms with van der Waals surface area (Å²) in [6.45, 7) is 0. The largest absolute Gasteiger partial charge is 0.350 e. The average molecular weight is 1000 g/mol. The highest BCUT2D eigenvalue weighted by Gasteiger charge is 2.39. The monoisotopic (exact) mass is 1000 g/mol. The molecule has 3 aliphatic rings. The van der Waals surface area contributed by atoms with Crippen LogP contribution in [0.4, 0.5) is 13.2 Å². The van der Waals surface area contributed by atoms with Crippen molar-refractivity contribution in [1.29, 1.82) is 0 Å². The zero-order valence-electron chi connectivity index (χ0n) is 39.0. The van der Waals surface area contributed by atoms with Crippen molar-refractivity contribution in [2.75, 3.05) is 65.7 Å². The Morgan fingerprint density at radius 1 is 0.574 bits per heavy atom. The van der Waals surface area contributed by atoms with Gasteiger partial charge in [0.05, 0.1) is 5.92 Å². The van der Waals surface area contributed by atoms with Crippen LogP contribution in [0.3, 0.4) is 0 Å². The predicted molar refractivity (Wildman–Crippen MR) is 259 cm³/mol. The fraction of sp³-hybridized carbons (Fsp3) is 0.458. The number of halogens is 3. The van der Waals surface area contributed by atoms with Crippen LogP contribution in [-0.4, -0.2) is 104 Å². The summed E-state index contributed by atoms with van der Waals surface area (Å²) < 4.78 is 70.2. The van der Waals surface area contributed by atoms with Crippen molar-refractivity contribution < 1.29 is 51.2 Å². The summed E-state index contributed by atoms with van der Waals surface area (Å²) in [7, 11) is 9.20. The van der Waals surface area contributed by atoms with Crippen LogP contribution < -0.4 is 11.7 Å². The molecule has 0 amide bonds.